The maximum absolute atomic E-state index is 13.1. The Bertz CT molecular complexity index is 864. The number of amides is 2. The fraction of sp³-hybridized carbons (Fsp3) is 0.417. The number of likely N-dealkylation sites (tertiary alicyclic amines) is 1. The van der Waals surface area contributed by atoms with Gasteiger partial charge in [0, 0.05) is 19.6 Å². The molecule has 0 spiro atoms. The highest BCUT2D eigenvalue weighted by Crippen LogP contribution is 2.25. The van der Waals surface area contributed by atoms with E-state index in [9.17, 15) is 9.59 Å². The first kappa shape index (κ1) is 21.8. The molecule has 6 nitrogen and oxygen atoms in total. The van der Waals surface area contributed by atoms with Gasteiger partial charge in [0.05, 0.1) is 12.2 Å². The molecule has 2 amide bonds. The van der Waals surface area contributed by atoms with E-state index < -0.39 is 6.04 Å². The minimum absolute atomic E-state index is 0.105. The second kappa shape index (κ2) is 10.3. The molecular weight excluding hydrogens is 378 g/mol. The second-order valence-corrected chi connectivity index (χ2v) is 7.86. The SMILES string of the molecule is CCOc1ccccc1C(=O)N1CCCC1C(=O)NCc1ccc(CN(C)C)cc1. The van der Waals surface area contributed by atoms with Gasteiger partial charge in [0.15, 0.2) is 0 Å². The van der Waals surface area contributed by atoms with Crippen LogP contribution in [-0.2, 0) is 17.9 Å². The fourth-order valence-electron chi connectivity index (χ4n) is 3.80. The Balaban J connectivity index is 1.62. The van der Waals surface area contributed by atoms with Crippen molar-refractivity contribution in [2.45, 2.75) is 38.9 Å². The Morgan fingerprint density at radius 1 is 1.10 bits per heavy atom. The number of para-hydroxylation sites is 1. The van der Waals surface area contributed by atoms with Crippen molar-refractivity contribution in [3.63, 3.8) is 0 Å². The van der Waals surface area contributed by atoms with Crippen LogP contribution in [0, 0.1) is 0 Å². The summed E-state index contributed by atoms with van der Waals surface area (Å²) in [6, 6.07) is 15.0. The van der Waals surface area contributed by atoms with Gasteiger partial charge in [0.25, 0.3) is 5.91 Å². The monoisotopic (exact) mass is 409 g/mol. The molecule has 1 fully saturated rings. The molecule has 0 bridgehead atoms. The molecule has 1 N–H and O–H groups in total. The number of ether oxygens (including phenoxy) is 1. The third kappa shape index (κ3) is 5.39. The van der Waals surface area contributed by atoms with E-state index in [0.717, 1.165) is 18.5 Å². The first-order valence-electron chi connectivity index (χ1n) is 10.5. The summed E-state index contributed by atoms with van der Waals surface area (Å²) in [6.45, 7) is 4.29. The lowest BCUT2D eigenvalue weighted by Crippen LogP contribution is -2.45. The minimum Gasteiger partial charge on any atom is -0.493 e. The molecule has 0 aliphatic carbocycles. The maximum atomic E-state index is 13.1. The standard InChI is InChI=1S/C24H31N3O3/c1-4-30-22-10-6-5-8-20(22)24(29)27-15-7-9-21(27)23(28)25-16-18-11-13-19(14-12-18)17-26(2)3/h5-6,8,10-14,21H,4,7,9,15-17H2,1-3H3,(H,25,28). The van der Waals surface area contributed by atoms with Crippen molar-refractivity contribution < 1.29 is 14.3 Å². The zero-order valence-electron chi connectivity index (χ0n) is 18.1. The van der Waals surface area contributed by atoms with Crippen LogP contribution in [0.3, 0.4) is 0 Å². The highest BCUT2D eigenvalue weighted by Gasteiger charge is 2.35. The average Bonchev–Trinajstić information content (AvgIpc) is 3.23. The molecule has 1 aliphatic rings. The van der Waals surface area contributed by atoms with E-state index in [4.69, 9.17) is 4.74 Å². The van der Waals surface area contributed by atoms with Gasteiger partial charge in [-0.1, -0.05) is 36.4 Å². The molecule has 30 heavy (non-hydrogen) atoms. The first-order valence-corrected chi connectivity index (χ1v) is 10.5. The molecule has 1 aliphatic heterocycles. The third-order valence-corrected chi connectivity index (χ3v) is 5.22. The van der Waals surface area contributed by atoms with Crippen LogP contribution < -0.4 is 10.1 Å². The van der Waals surface area contributed by atoms with E-state index >= 15 is 0 Å². The lowest BCUT2D eigenvalue weighted by atomic mass is 10.1. The molecule has 1 saturated heterocycles. The van der Waals surface area contributed by atoms with Crippen LogP contribution >= 0.6 is 0 Å². The van der Waals surface area contributed by atoms with Gasteiger partial charge in [-0.3, -0.25) is 9.59 Å². The Hall–Kier alpha value is -2.86. The van der Waals surface area contributed by atoms with E-state index in [1.807, 2.05) is 45.3 Å². The third-order valence-electron chi connectivity index (χ3n) is 5.22. The van der Waals surface area contributed by atoms with E-state index in [2.05, 4.69) is 22.3 Å². The number of rotatable bonds is 8. The molecule has 160 valence electrons. The smallest absolute Gasteiger partial charge is 0.258 e. The molecule has 0 aromatic heterocycles. The van der Waals surface area contributed by atoms with Gasteiger partial charge in [-0.15, -0.1) is 0 Å². The Morgan fingerprint density at radius 2 is 1.80 bits per heavy atom. The number of carbonyl (C=O) groups excluding carboxylic acids is 2. The molecule has 0 saturated carbocycles. The Labute approximate surface area is 178 Å². The van der Waals surface area contributed by atoms with Crippen LogP contribution in [0.1, 0.15) is 41.3 Å². The normalized spacial score (nSPS) is 16.0. The predicted octanol–water partition coefficient (Wildman–Crippen LogP) is 3.07. The molecule has 1 atom stereocenters. The van der Waals surface area contributed by atoms with Crippen molar-refractivity contribution in [2.24, 2.45) is 0 Å². The maximum Gasteiger partial charge on any atom is 0.258 e. The van der Waals surface area contributed by atoms with Crippen molar-refractivity contribution in [2.75, 3.05) is 27.2 Å². The molecular formula is C24H31N3O3. The number of hydrogen-bond donors (Lipinski definition) is 1. The first-order chi connectivity index (χ1) is 14.5. The summed E-state index contributed by atoms with van der Waals surface area (Å²) in [5.41, 5.74) is 2.79. The van der Waals surface area contributed by atoms with Gasteiger partial charge in [-0.05, 0) is 57.1 Å². The van der Waals surface area contributed by atoms with Gasteiger partial charge in [0.1, 0.15) is 11.8 Å². The van der Waals surface area contributed by atoms with Crippen molar-refractivity contribution in [1.29, 1.82) is 0 Å². The fourth-order valence-corrected chi connectivity index (χ4v) is 3.80. The highest BCUT2D eigenvalue weighted by atomic mass is 16.5. The molecule has 1 unspecified atom stereocenters. The van der Waals surface area contributed by atoms with Crippen LogP contribution in [0.5, 0.6) is 5.75 Å². The summed E-state index contributed by atoms with van der Waals surface area (Å²) in [5, 5.41) is 3.00. The zero-order chi connectivity index (χ0) is 21.5. The quantitative estimate of drug-likeness (QED) is 0.728. The Morgan fingerprint density at radius 3 is 2.50 bits per heavy atom. The Kier molecular flexibility index (Phi) is 7.46. The summed E-state index contributed by atoms with van der Waals surface area (Å²) in [5.74, 6) is 0.311. The van der Waals surface area contributed by atoms with Crippen LogP contribution in [-0.4, -0.2) is 54.9 Å². The van der Waals surface area contributed by atoms with Crippen LogP contribution in [0.25, 0.3) is 0 Å². The van der Waals surface area contributed by atoms with Crippen LogP contribution in [0.4, 0.5) is 0 Å². The van der Waals surface area contributed by atoms with Crippen molar-refractivity contribution >= 4 is 11.8 Å². The van der Waals surface area contributed by atoms with Gasteiger partial charge in [-0.2, -0.15) is 0 Å². The lowest BCUT2D eigenvalue weighted by molar-refractivity contribution is -0.125. The summed E-state index contributed by atoms with van der Waals surface area (Å²) >= 11 is 0. The molecule has 6 heteroatoms. The molecule has 0 radical (unpaired) electrons. The summed E-state index contributed by atoms with van der Waals surface area (Å²) in [6.07, 6.45) is 1.50. The van der Waals surface area contributed by atoms with Gasteiger partial charge in [0.2, 0.25) is 5.91 Å². The zero-order valence-corrected chi connectivity index (χ0v) is 18.1. The number of nitrogens with one attached hydrogen (secondary N) is 1. The van der Waals surface area contributed by atoms with E-state index in [1.165, 1.54) is 5.56 Å². The topological polar surface area (TPSA) is 61.9 Å². The van der Waals surface area contributed by atoms with Crippen molar-refractivity contribution in [3.8, 4) is 5.75 Å². The molecule has 2 aromatic rings. The summed E-state index contributed by atoms with van der Waals surface area (Å²) in [4.78, 5) is 29.8. The van der Waals surface area contributed by atoms with Gasteiger partial charge in [-0.25, -0.2) is 0 Å². The number of hydrogen-bond acceptors (Lipinski definition) is 4. The van der Waals surface area contributed by atoms with Gasteiger partial charge >= 0.3 is 0 Å². The van der Waals surface area contributed by atoms with E-state index in [-0.39, 0.29) is 11.8 Å². The molecule has 2 aromatic carbocycles. The second-order valence-electron chi connectivity index (χ2n) is 7.86. The van der Waals surface area contributed by atoms with Crippen LogP contribution in [0.2, 0.25) is 0 Å². The van der Waals surface area contributed by atoms with Gasteiger partial charge < -0.3 is 19.9 Å². The van der Waals surface area contributed by atoms with Crippen LogP contribution in [0.15, 0.2) is 48.5 Å². The number of benzene rings is 2. The minimum atomic E-state index is -0.444. The summed E-state index contributed by atoms with van der Waals surface area (Å²) < 4.78 is 5.60. The van der Waals surface area contributed by atoms with Crippen molar-refractivity contribution in [3.05, 3.63) is 65.2 Å². The summed E-state index contributed by atoms with van der Waals surface area (Å²) in [7, 11) is 4.07. The molecule has 1 heterocycles. The molecule has 3 rings (SSSR count). The number of nitrogens with zero attached hydrogens (tertiary/aromatic N) is 2. The lowest BCUT2D eigenvalue weighted by Gasteiger charge is -2.25. The average molecular weight is 410 g/mol. The highest BCUT2D eigenvalue weighted by molar-refractivity contribution is 6.00. The van der Waals surface area contributed by atoms with E-state index in [1.54, 1.807) is 17.0 Å². The van der Waals surface area contributed by atoms with E-state index in [0.29, 0.717) is 37.4 Å². The number of carbonyl (C=O) groups is 2. The van der Waals surface area contributed by atoms with Crippen molar-refractivity contribution in [1.82, 2.24) is 15.1 Å². The largest absolute Gasteiger partial charge is 0.493 e. The predicted molar refractivity (Wildman–Crippen MR) is 117 cm³/mol.